The number of hydrogen-bond donors (Lipinski definition) is 1. The molecule has 1 heteroatoms. The predicted molar refractivity (Wildman–Crippen MR) is 61.4 cm³/mol. The van der Waals surface area contributed by atoms with Crippen LogP contribution in [-0.2, 0) is 5.41 Å². The van der Waals surface area contributed by atoms with E-state index in [1.165, 1.54) is 11.1 Å². The van der Waals surface area contributed by atoms with Crippen LogP contribution in [-0.4, -0.2) is 13.6 Å². The molecule has 1 atom stereocenters. The standard InChI is InChI=1S/C13H17N/c1-13(9-10-14-2)8-7-11-5-3-4-6-12(11)13/h3-8,14H,9-10H2,1-2H3. The summed E-state index contributed by atoms with van der Waals surface area (Å²) in [6, 6.07) is 8.66. The molecule has 1 aromatic rings. The zero-order valence-electron chi connectivity index (χ0n) is 8.88. The fourth-order valence-corrected chi connectivity index (χ4v) is 2.13. The number of rotatable bonds is 3. The molecule has 0 bridgehead atoms. The first kappa shape index (κ1) is 9.47. The van der Waals surface area contributed by atoms with Crippen molar-refractivity contribution in [1.82, 2.24) is 5.32 Å². The van der Waals surface area contributed by atoms with Crippen LogP contribution in [0.4, 0.5) is 0 Å². The van der Waals surface area contributed by atoms with E-state index in [9.17, 15) is 0 Å². The molecule has 1 aromatic carbocycles. The van der Waals surface area contributed by atoms with Crippen LogP contribution in [0.15, 0.2) is 30.3 Å². The van der Waals surface area contributed by atoms with Crippen molar-refractivity contribution in [2.24, 2.45) is 0 Å². The molecule has 74 valence electrons. The van der Waals surface area contributed by atoms with Gasteiger partial charge in [-0.2, -0.15) is 0 Å². The Hall–Kier alpha value is -1.08. The van der Waals surface area contributed by atoms with E-state index in [1.807, 2.05) is 7.05 Å². The topological polar surface area (TPSA) is 12.0 Å². The Bertz CT molecular complexity index is 354. The van der Waals surface area contributed by atoms with Gasteiger partial charge in [0.1, 0.15) is 0 Å². The minimum absolute atomic E-state index is 0.236. The molecule has 0 amide bonds. The summed E-state index contributed by atoms with van der Waals surface area (Å²) in [5, 5.41) is 3.22. The molecule has 0 radical (unpaired) electrons. The van der Waals surface area contributed by atoms with Crippen LogP contribution in [0.3, 0.4) is 0 Å². The molecular formula is C13H17N. The molecule has 1 unspecified atom stereocenters. The van der Waals surface area contributed by atoms with E-state index in [2.05, 4.69) is 48.7 Å². The van der Waals surface area contributed by atoms with Gasteiger partial charge in [-0.3, -0.25) is 0 Å². The van der Waals surface area contributed by atoms with Gasteiger partial charge in [0.25, 0.3) is 0 Å². The third kappa shape index (κ3) is 1.48. The maximum atomic E-state index is 3.22. The summed E-state index contributed by atoms with van der Waals surface area (Å²) < 4.78 is 0. The van der Waals surface area contributed by atoms with Gasteiger partial charge >= 0.3 is 0 Å². The molecule has 0 aliphatic heterocycles. The highest BCUT2D eigenvalue weighted by Crippen LogP contribution is 2.37. The van der Waals surface area contributed by atoms with Crippen molar-refractivity contribution in [3.05, 3.63) is 41.5 Å². The second-order valence-electron chi connectivity index (χ2n) is 4.19. The minimum Gasteiger partial charge on any atom is -0.320 e. The number of nitrogens with one attached hydrogen (secondary N) is 1. The zero-order valence-corrected chi connectivity index (χ0v) is 8.88. The summed E-state index contributed by atoms with van der Waals surface area (Å²) in [5.74, 6) is 0. The maximum absolute atomic E-state index is 3.22. The van der Waals surface area contributed by atoms with Gasteiger partial charge in [-0.05, 0) is 31.1 Å². The minimum atomic E-state index is 0.236. The first-order chi connectivity index (χ1) is 6.76. The normalized spacial score (nSPS) is 23.9. The highest BCUT2D eigenvalue weighted by Gasteiger charge is 2.28. The largest absolute Gasteiger partial charge is 0.320 e. The fourth-order valence-electron chi connectivity index (χ4n) is 2.13. The second kappa shape index (κ2) is 3.58. The highest BCUT2D eigenvalue weighted by molar-refractivity contribution is 5.64. The quantitative estimate of drug-likeness (QED) is 0.767. The summed E-state index contributed by atoms with van der Waals surface area (Å²) in [6.45, 7) is 3.38. The fraction of sp³-hybridized carbons (Fsp3) is 0.385. The number of hydrogen-bond acceptors (Lipinski definition) is 1. The van der Waals surface area contributed by atoms with Crippen molar-refractivity contribution in [1.29, 1.82) is 0 Å². The second-order valence-corrected chi connectivity index (χ2v) is 4.19. The van der Waals surface area contributed by atoms with Crippen LogP contribution in [0.2, 0.25) is 0 Å². The monoisotopic (exact) mass is 187 g/mol. The first-order valence-corrected chi connectivity index (χ1v) is 5.20. The molecule has 1 aliphatic carbocycles. The van der Waals surface area contributed by atoms with Crippen molar-refractivity contribution in [2.45, 2.75) is 18.8 Å². The molecule has 1 aliphatic rings. The summed E-state index contributed by atoms with van der Waals surface area (Å²) in [5.41, 5.74) is 3.08. The molecule has 0 saturated carbocycles. The van der Waals surface area contributed by atoms with Gasteiger partial charge in [-0.25, -0.2) is 0 Å². The SMILES string of the molecule is CNCCC1(C)C=Cc2ccccc21. The third-order valence-corrected chi connectivity index (χ3v) is 3.10. The van der Waals surface area contributed by atoms with Crippen LogP contribution < -0.4 is 5.32 Å². The van der Waals surface area contributed by atoms with Gasteiger partial charge in [0.15, 0.2) is 0 Å². The Labute approximate surface area is 85.8 Å². The Morgan fingerprint density at radius 2 is 2.07 bits per heavy atom. The Balaban J connectivity index is 2.28. The van der Waals surface area contributed by atoms with Gasteiger partial charge in [0, 0.05) is 5.41 Å². The van der Waals surface area contributed by atoms with Crippen LogP contribution in [0.5, 0.6) is 0 Å². The number of fused-ring (bicyclic) bond motifs is 1. The van der Waals surface area contributed by atoms with Gasteiger partial charge < -0.3 is 5.32 Å². The van der Waals surface area contributed by atoms with Crippen LogP contribution >= 0.6 is 0 Å². The Kier molecular flexibility index (Phi) is 2.42. The lowest BCUT2D eigenvalue weighted by Gasteiger charge is -2.23. The van der Waals surface area contributed by atoms with Crippen LogP contribution in [0, 0.1) is 0 Å². The van der Waals surface area contributed by atoms with Crippen molar-refractivity contribution in [3.63, 3.8) is 0 Å². The van der Waals surface area contributed by atoms with Crippen LogP contribution in [0.1, 0.15) is 24.5 Å². The van der Waals surface area contributed by atoms with Gasteiger partial charge in [-0.1, -0.05) is 43.3 Å². The molecule has 14 heavy (non-hydrogen) atoms. The van der Waals surface area contributed by atoms with Gasteiger partial charge in [-0.15, -0.1) is 0 Å². The van der Waals surface area contributed by atoms with E-state index in [-0.39, 0.29) is 5.41 Å². The molecule has 0 saturated heterocycles. The molecule has 0 fully saturated rings. The molecule has 0 heterocycles. The van der Waals surface area contributed by atoms with E-state index in [0.717, 1.165) is 13.0 Å². The van der Waals surface area contributed by atoms with E-state index in [0.29, 0.717) is 0 Å². The van der Waals surface area contributed by atoms with E-state index < -0.39 is 0 Å². The molecule has 2 rings (SSSR count). The highest BCUT2D eigenvalue weighted by atomic mass is 14.8. The summed E-state index contributed by atoms with van der Waals surface area (Å²) in [6.07, 6.45) is 5.73. The molecule has 0 spiro atoms. The Morgan fingerprint density at radius 1 is 1.29 bits per heavy atom. The molecule has 0 aromatic heterocycles. The molecular weight excluding hydrogens is 170 g/mol. The van der Waals surface area contributed by atoms with Crippen molar-refractivity contribution < 1.29 is 0 Å². The lowest BCUT2D eigenvalue weighted by Crippen LogP contribution is -2.23. The Morgan fingerprint density at radius 3 is 2.86 bits per heavy atom. The smallest absolute Gasteiger partial charge is 0.0125 e. The molecule has 1 N–H and O–H groups in total. The van der Waals surface area contributed by atoms with Gasteiger partial charge in [0.2, 0.25) is 0 Å². The first-order valence-electron chi connectivity index (χ1n) is 5.20. The zero-order chi connectivity index (χ0) is 10.0. The van der Waals surface area contributed by atoms with E-state index in [4.69, 9.17) is 0 Å². The number of benzene rings is 1. The predicted octanol–water partition coefficient (Wildman–Crippen LogP) is 2.58. The van der Waals surface area contributed by atoms with Crippen LogP contribution in [0.25, 0.3) is 6.08 Å². The number of allylic oxidation sites excluding steroid dienone is 1. The lowest BCUT2D eigenvalue weighted by molar-refractivity contribution is 0.530. The lowest BCUT2D eigenvalue weighted by atomic mass is 9.82. The summed E-state index contributed by atoms with van der Waals surface area (Å²) in [7, 11) is 2.01. The third-order valence-electron chi connectivity index (χ3n) is 3.10. The van der Waals surface area contributed by atoms with Gasteiger partial charge in [0.05, 0.1) is 0 Å². The van der Waals surface area contributed by atoms with E-state index in [1.54, 1.807) is 0 Å². The van der Waals surface area contributed by atoms with Crippen molar-refractivity contribution >= 4 is 6.08 Å². The molecule has 1 nitrogen and oxygen atoms in total. The van der Waals surface area contributed by atoms with Crippen molar-refractivity contribution in [2.75, 3.05) is 13.6 Å². The van der Waals surface area contributed by atoms with E-state index >= 15 is 0 Å². The summed E-state index contributed by atoms with van der Waals surface area (Å²) >= 11 is 0. The maximum Gasteiger partial charge on any atom is 0.0125 e. The average Bonchev–Trinajstić information content (AvgIpc) is 2.55. The summed E-state index contributed by atoms with van der Waals surface area (Å²) in [4.78, 5) is 0. The van der Waals surface area contributed by atoms with Crippen molar-refractivity contribution in [3.8, 4) is 0 Å². The average molecular weight is 187 g/mol.